The minimum absolute atomic E-state index is 0.197. The van der Waals surface area contributed by atoms with Crippen LogP contribution in [0.5, 0.6) is 0 Å². The third kappa shape index (κ3) is 3.78. The molecule has 0 saturated carbocycles. The molecule has 1 saturated heterocycles. The number of nitro groups is 1. The number of para-hydroxylation sites is 1. The molecule has 1 N–H and O–H groups in total. The summed E-state index contributed by atoms with van der Waals surface area (Å²) in [5, 5.41) is 14.1. The monoisotopic (exact) mass is 251 g/mol. The number of nitrogens with one attached hydrogen (secondary N) is 1. The van der Waals surface area contributed by atoms with Gasteiger partial charge in [0.15, 0.2) is 0 Å². The highest BCUT2D eigenvalue weighted by Gasteiger charge is 2.23. The first-order valence-corrected chi connectivity index (χ1v) is 6.31. The quantitative estimate of drug-likeness (QED) is 0.657. The van der Waals surface area contributed by atoms with E-state index < -0.39 is 0 Å². The van der Waals surface area contributed by atoms with E-state index in [9.17, 15) is 10.1 Å². The maximum absolute atomic E-state index is 10.8. The summed E-state index contributed by atoms with van der Waals surface area (Å²) in [7, 11) is 2.06. The fourth-order valence-electron chi connectivity index (χ4n) is 1.92. The van der Waals surface area contributed by atoms with E-state index in [-0.39, 0.29) is 10.6 Å². The van der Waals surface area contributed by atoms with E-state index in [1.165, 1.54) is 0 Å². The summed E-state index contributed by atoms with van der Waals surface area (Å²) in [6, 6.07) is 7.33. The van der Waals surface area contributed by atoms with Crippen LogP contribution < -0.4 is 5.32 Å². The van der Waals surface area contributed by atoms with Gasteiger partial charge in [-0.25, -0.2) is 0 Å². The van der Waals surface area contributed by atoms with Crippen LogP contribution in [0.2, 0.25) is 0 Å². The van der Waals surface area contributed by atoms with Gasteiger partial charge in [0.05, 0.1) is 4.92 Å². The second-order valence-corrected chi connectivity index (χ2v) is 4.18. The maximum Gasteiger partial charge on any atom is 0.273 e. The minimum atomic E-state index is -0.329. The second kappa shape index (κ2) is 7.08. The van der Waals surface area contributed by atoms with E-state index >= 15 is 0 Å². The Morgan fingerprint density at radius 3 is 2.56 bits per heavy atom. The van der Waals surface area contributed by atoms with Crippen molar-refractivity contribution in [1.29, 1.82) is 0 Å². The molecule has 0 aromatic heterocycles. The van der Waals surface area contributed by atoms with Crippen LogP contribution in [0.15, 0.2) is 24.3 Å². The van der Waals surface area contributed by atoms with Crippen LogP contribution in [-0.4, -0.2) is 36.0 Å². The number of hydrogen-bond acceptors (Lipinski definition) is 4. The lowest BCUT2D eigenvalue weighted by Gasteiger charge is -2.36. The Kier molecular flexibility index (Phi) is 5.74. The molecule has 0 amide bonds. The standard InChI is InChI=1S/C11H15N3O2.C2H6/c1-13-7-10(8-13)12-6-9-4-2-3-5-11(9)14(15)16;1-2/h2-5,10,12H,6-8H2,1H3;1-2H3. The van der Waals surface area contributed by atoms with Gasteiger partial charge in [-0.05, 0) is 7.05 Å². The van der Waals surface area contributed by atoms with Gasteiger partial charge in [-0.3, -0.25) is 10.1 Å². The van der Waals surface area contributed by atoms with E-state index in [1.54, 1.807) is 18.2 Å². The third-order valence-electron chi connectivity index (χ3n) is 2.83. The van der Waals surface area contributed by atoms with Gasteiger partial charge in [0, 0.05) is 37.3 Å². The van der Waals surface area contributed by atoms with Crippen LogP contribution in [0.1, 0.15) is 19.4 Å². The zero-order valence-electron chi connectivity index (χ0n) is 11.2. The summed E-state index contributed by atoms with van der Waals surface area (Å²) < 4.78 is 0. The van der Waals surface area contributed by atoms with Crippen molar-refractivity contribution >= 4 is 5.69 Å². The van der Waals surface area contributed by atoms with E-state index in [2.05, 4.69) is 17.3 Å². The molecule has 5 heteroatoms. The van der Waals surface area contributed by atoms with Crippen molar-refractivity contribution in [1.82, 2.24) is 10.2 Å². The zero-order chi connectivity index (χ0) is 13.5. The average Bonchev–Trinajstić information content (AvgIpc) is 2.36. The highest BCUT2D eigenvalue weighted by atomic mass is 16.6. The summed E-state index contributed by atoms with van der Waals surface area (Å²) in [4.78, 5) is 12.6. The average molecular weight is 251 g/mol. The predicted octanol–water partition coefficient (Wildman–Crippen LogP) is 2.02. The lowest BCUT2D eigenvalue weighted by atomic mass is 10.1. The Balaban J connectivity index is 0.000000771. The fourth-order valence-corrected chi connectivity index (χ4v) is 1.92. The van der Waals surface area contributed by atoms with Crippen molar-refractivity contribution in [2.24, 2.45) is 0 Å². The largest absolute Gasteiger partial charge is 0.307 e. The normalized spacial score (nSPS) is 15.5. The number of likely N-dealkylation sites (N-methyl/N-ethyl adjacent to an activating group) is 1. The van der Waals surface area contributed by atoms with Crippen molar-refractivity contribution in [3.63, 3.8) is 0 Å². The van der Waals surface area contributed by atoms with Crippen LogP contribution in [0.4, 0.5) is 5.69 Å². The van der Waals surface area contributed by atoms with Crippen LogP contribution >= 0.6 is 0 Å². The smallest absolute Gasteiger partial charge is 0.273 e. The molecule has 100 valence electrons. The molecular weight excluding hydrogens is 230 g/mol. The molecule has 0 unspecified atom stereocenters. The molecule has 1 aliphatic heterocycles. The molecule has 0 aliphatic carbocycles. The number of rotatable bonds is 4. The summed E-state index contributed by atoms with van der Waals surface area (Å²) >= 11 is 0. The predicted molar refractivity (Wildman–Crippen MR) is 72.6 cm³/mol. The van der Waals surface area contributed by atoms with Crippen molar-refractivity contribution in [3.05, 3.63) is 39.9 Å². The number of hydrogen-bond donors (Lipinski definition) is 1. The van der Waals surface area contributed by atoms with Gasteiger partial charge in [0.25, 0.3) is 5.69 Å². The van der Waals surface area contributed by atoms with Gasteiger partial charge in [-0.1, -0.05) is 32.0 Å². The molecule has 0 atom stereocenters. The van der Waals surface area contributed by atoms with Gasteiger partial charge in [0.1, 0.15) is 0 Å². The summed E-state index contributed by atoms with van der Waals surface area (Å²) in [5.74, 6) is 0. The lowest BCUT2D eigenvalue weighted by Crippen LogP contribution is -2.55. The molecular formula is C13H21N3O2. The van der Waals surface area contributed by atoms with Crippen molar-refractivity contribution in [2.75, 3.05) is 20.1 Å². The number of nitrogens with zero attached hydrogens (tertiary/aromatic N) is 2. The molecule has 1 fully saturated rings. The van der Waals surface area contributed by atoms with E-state index in [4.69, 9.17) is 0 Å². The van der Waals surface area contributed by atoms with E-state index in [0.29, 0.717) is 12.6 Å². The first-order valence-electron chi connectivity index (χ1n) is 6.31. The molecule has 1 aromatic carbocycles. The number of benzene rings is 1. The Hall–Kier alpha value is -1.46. The molecule has 1 aromatic rings. The molecule has 2 rings (SSSR count). The molecule has 5 nitrogen and oxygen atoms in total. The Morgan fingerprint density at radius 2 is 2.00 bits per heavy atom. The van der Waals surface area contributed by atoms with Crippen molar-refractivity contribution in [3.8, 4) is 0 Å². The van der Waals surface area contributed by atoms with Crippen molar-refractivity contribution < 1.29 is 4.92 Å². The Bertz CT molecular complexity index is 390. The molecule has 0 bridgehead atoms. The van der Waals surface area contributed by atoms with Crippen LogP contribution in [0.3, 0.4) is 0 Å². The highest BCUT2D eigenvalue weighted by Crippen LogP contribution is 2.17. The molecule has 0 spiro atoms. The van der Waals surface area contributed by atoms with Crippen LogP contribution in [0.25, 0.3) is 0 Å². The van der Waals surface area contributed by atoms with Gasteiger partial charge in [0.2, 0.25) is 0 Å². The summed E-state index contributed by atoms with van der Waals surface area (Å²) in [6.07, 6.45) is 0. The molecule has 18 heavy (non-hydrogen) atoms. The topological polar surface area (TPSA) is 58.4 Å². The van der Waals surface area contributed by atoms with Gasteiger partial charge in [-0.2, -0.15) is 0 Å². The van der Waals surface area contributed by atoms with E-state index in [1.807, 2.05) is 19.9 Å². The Labute approximate surface area is 108 Å². The lowest BCUT2D eigenvalue weighted by molar-refractivity contribution is -0.385. The van der Waals surface area contributed by atoms with Gasteiger partial charge < -0.3 is 10.2 Å². The van der Waals surface area contributed by atoms with Crippen molar-refractivity contribution in [2.45, 2.75) is 26.4 Å². The number of likely N-dealkylation sites (tertiary alicyclic amines) is 1. The summed E-state index contributed by atoms with van der Waals surface area (Å²) in [6.45, 7) is 6.59. The SMILES string of the molecule is CC.CN1CC(NCc2ccccc2[N+](=O)[O-])C1. The number of nitro benzene ring substituents is 1. The zero-order valence-corrected chi connectivity index (χ0v) is 11.2. The van der Waals surface area contributed by atoms with E-state index in [0.717, 1.165) is 18.7 Å². The molecule has 1 heterocycles. The third-order valence-corrected chi connectivity index (χ3v) is 2.83. The van der Waals surface area contributed by atoms with Gasteiger partial charge >= 0.3 is 0 Å². The van der Waals surface area contributed by atoms with Gasteiger partial charge in [-0.15, -0.1) is 0 Å². The van der Waals surface area contributed by atoms with Crippen LogP contribution in [0, 0.1) is 10.1 Å². The highest BCUT2D eigenvalue weighted by molar-refractivity contribution is 5.39. The molecule has 1 aliphatic rings. The maximum atomic E-state index is 10.8. The van der Waals surface area contributed by atoms with Crippen LogP contribution in [-0.2, 0) is 6.54 Å². The molecule has 0 radical (unpaired) electrons. The fraction of sp³-hybridized carbons (Fsp3) is 0.538. The summed E-state index contributed by atoms with van der Waals surface area (Å²) in [5.41, 5.74) is 0.949. The first kappa shape index (κ1) is 14.6. The first-order chi connectivity index (χ1) is 8.66. The Morgan fingerprint density at radius 1 is 1.39 bits per heavy atom. The second-order valence-electron chi connectivity index (χ2n) is 4.18. The minimum Gasteiger partial charge on any atom is -0.307 e.